The van der Waals surface area contributed by atoms with Crippen LogP contribution < -0.4 is 0 Å². The first-order chi connectivity index (χ1) is 12.1. The van der Waals surface area contributed by atoms with Crippen LogP contribution in [0.15, 0.2) is 66.8 Å². The SMILES string of the molecule is O=C(C=CC1(OCCCCCC(O)O)C=CC=CC1)c1ccccc1. The number of allylic oxidation sites excluding steroid dienone is 3. The Morgan fingerprint density at radius 3 is 2.64 bits per heavy atom. The van der Waals surface area contributed by atoms with Gasteiger partial charge < -0.3 is 14.9 Å². The molecule has 0 bridgehead atoms. The molecule has 0 fully saturated rings. The fourth-order valence-electron chi connectivity index (χ4n) is 2.68. The smallest absolute Gasteiger partial charge is 0.185 e. The number of aliphatic hydroxyl groups excluding tert-OH is 1. The molecule has 0 spiro atoms. The number of ketones is 1. The number of carbonyl (C=O) groups excluding carboxylic acids is 1. The van der Waals surface area contributed by atoms with Crippen LogP contribution in [0.2, 0.25) is 0 Å². The molecule has 2 rings (SSSR count). The van der Waals surface area contributed by atoms with Crippen molar-refractivity contribution in [3.05, 3.63) is 72.4 Å². The highest BCUT2D eigenvalue weighted by Crippen LogP contribution is 2.25. The van der Waals surface area contributed by atoms with Crippen LogP contribution in [0.4, 0.5) is 0 Å². The molecule has 1 atom stereocenters. The lowest BCUT2D eigenvalue weighted by atomic mass is 9.93. The Bertz CT molecular complexity index is 616. The molecule has 0 aromatic heterocycles. The van der Waals surface area contributed by atoms with E-state index in [0.717, 1.165) is 19.3 Å². The van der Waals surface area contributed by atoms with E-state index in [2.05, 4.69) is 0 Å². The quantitative estimate of drug-likeness (QED) is 0.295. The molecule has 1 aromatic carbocycles. The average molecular weight is 342 g/mol. The molecule has 1 aliphatic rings. The first kappa shape index (κ1) is 19.3. The van der Waals surface area contributed by atoms with Crippen molar-refractivity contribution in [3.8, 4) is 0 Å². The number of hydrogen-bond donors (Lipinski definition) is 2. The van der Waals surface area contributed by atoms with E-state index in [9.17, 15) is 4.79 Å². The molecule has 0 saturated carbocycles. The van der Waals surface area contributed by atoms with E-state index in [1.165, 1.54) is 0 Å². The zero-order valence-corrected chi connectivity index (χ0v) is 14.4. The summed E-state index contributed by atoms with van der Waals surface area (Å²) in [6.45, 7) is 0.559. The molecule has 2 N–H and O–H groups in total. The van der Waals surface area contributed by atoms with E-state index in [0.29, 0.717) is 25.0 Å². The Hall–Kier alpha value is -2.01. The Morgan fingerprint density at radius 1 is 1.16 bits per heavy atom. The fraction of sp³-hybridized carbons (Fsp3) is 0.381. The zero-order chi connectivity index (χ0) is 18.0. The van der Waals surface area contributed by atoms with E-state index < -0.39 is 11.9 Å². The Morgan fingerprint density at radius 2 is 1.96 bits per heavy atom. The van der Waals surface area contributed by atoms with Gasteiger partial charge in [-0.2, -0.15) is 0 Å². The third-order valence-electron chi connectivity index (χ3n) is 4.12. The molecule has 134 valence electrons. The number of ether oxygens (including phenoxy) is 1. The van der Waals surface area contributed by atoms with Gasteiger partial charge >= 0.3 is 0 Å². The zero-order valence-electron chi connectivity index (χ0n) is 14.4. The highest BCUT2D eigenvalue weighted by molar-refractivity contribution is 6.04. The van der Waals surface area contributed by atoms with Crippen LogP contribution in [0, 0.1) is 0 Å². The van der Waals surface area contributed by atoms with E-state index in [-0.39, 0.29) is 5.78 Å². The maximum atomic E-state index is 12.3. The van der Waals surface area contributed by atoms with E-state index >= 15 is 0 Å². The van der Waals surface area contributed by atoms with E-state index in [1.54, 1.807) is 18.2 Å². The van der Waals surface area contributed by atoms with Crippen molar-refractivity contribution < 1.29 is 19.7 Å². The van der Waals surface area contributed by atoms with Gasteiger partial charge in [0.1, 0.15) is 5.60 Å². The molecule has 0 saturated heterocycles. The summed E-state index contributed by atoms with van der Waals surface area (Å²) in [6.07, 6.45) is 13.6. The summed E-state index contributed by atoms with van der Waals surface area (Å²) in [6, 6.07) is 9.17. The molecule has 1 unspecified atom stereocenters. The second kappa shape index (κ2) is 10.1. The topological polar surface area (TPSA) is 66.8 Å². The minimum Gasteiger partial charge on any atom is -0.368 e. The van der Waals surface area contributed by atoms with Gasteiger partial charge in [-0.15, -0.1) is 0 Å². The normalized spacial score (nSPS) is 19.8. The average Bonchev–Trinajstić information content (AvgIpc) is 2.64. The molecule has 0 amide bonds. The lowest BCUT2D eigenvalue weighted by molar-refractivity contribution is -0.0472. The molecule has 0 radical (unpaired) electrons. The number of unbranched alkanes of at least 4 members (excludes halogenated alkanes) is 2. The van der Waals surface area contributed by atoms with E-state index in [4.69, 9.17) is 14.9 Å². The molecular weight excluding hydrogens is 316 g/mol. The second-order valence-corrected chi connectivity index (χ2v) is 6.19. The summed E-state index contributed by atoms with van der Waals surface area (Å²) in [5, 5.41) is 17.7. The minimum atomic E-state index is -1.23. The lowest BCUT2D eigenvalue weighted by Gasteiger charge is -2.28. The van der Waals surface area contributed by atoms with Gasteiger partial charge in [0.2, 0.25) is 0 Å². The van der Waals surface area contributed by atoms with Gasteiger partial charge in [-0.3, -0.25) is 4.79 Å². The van der Waals surface area contributed by atoms with E-state index in [1.807, 2.05) is 48.6 Å². The second-order valence-electron chi connectivity index (χ2n) is 6.19. The molecule has 1 aromatic rings. The maximum Gasteiger partial charge on any atom is 0.185 e. The Kier molecular flexibility index (Phi) is 7.79. The van der Waals surface area contributed by atoms with Crippen molar-refractivity contribution >= 4 is 5.78 Å². The van der Waals surface area contributed by atoms with Crippen molar-refractivity contribution in [2.24, 2.45) is 0 Å². The van der Waals surface area contributed by atoms with Crippen LogP contribution in [0.1, 0.15) is 42.5 Å². The van der Waals surface area contributed by atoms with Crippen molar-refractivity contribution in [2.75, 3.05) is 6.61 Å². The highest BCUT2D eigenvalue weighted by Gasteiger charge is 2.25. The van der Waals surface area contributed by atoms with Crippen LogP contribution in [-0.2, 0) is 4.74 Å². The molecule has 25 heavy (non-hydrogen) atoms. The lowest BCUT2D eigenvalue weighted by Crippen LogP contribution is -2.29. The standard InChI is InChI=1S/C21H26O4/c22-19(18-10-4-1-5-11-18)13-16-21(14-7-3-8-15-21)25-17-9-2-6-12-20(23)24/h1,3-5,7-8,10-11,13-14,16,20,23-24H,2,6,9,12,15,17H2. The fourth-order valence-corrected chi connectivity index (χ4v) is 2.68. The van der Waals surface area contributed by atoms with Gasteiger partial charge in [-0.1, -0.05) is 55.0 Å². The van der Waals surface area contributed by atoms with Gasteiger partial charge in [-0.05, 0) is 37.5 Å². The van der Waals surface area contributed by atoms with Crippen LogP contribution >= 0.6 is 0 Å². The Labute approximate surface area is 149 Å². The molecule has 4 nitrogen and oxygen atoms in total. The van der Waals surface area contributed by atoms with Crippen molar-refractivity contribution in [1.82, 2.24) is 0 Å². The number of benzene rings is 1. The van der Waals surface area contributed by atoms with Gasteiger partial charge in [-0.25, -0.2) is 0 Å². The van der Waals surface area contributed by atoms with Gasteiger partial charge in [0.05, 0.1) is 0 Å². The van der Waals surface area contributed by atoms with Crippen LogP contribution in [0.25, 0.3) is 0 Å². The summed E-state index contributed by atoms with van der Waals surface area (Å²) in [7, 11) is 0. The largest absolute Gasteiger partial charge is 0.368 e. The minimum absolute atomic E-state index is 0.0385. The number of aliphatic hydroxyl groups is 2. The van der Waals surface area contributed by atoms with Crippen LogP contribution in [0.5, 0.6) is 0 Å². The molecule has 4 heteroatoms. The first-order valence-electron chi connectivity index (χ1n) is 8.74. The van der Waals surface area contributed by atoms with Crippen molar-refractivity contribution in [2.45, 2.75) is 44.0 Å². The Balaban J connectivity index is 1.89. The number of carbonyl (C=O) groups is 1. The van der Waals surface area contributed by atoms with Gasteiger partial charge in [0, 0.05) is 18.6 Å². The molecular formula is C21H26O4. The predicted octanol–water partition coefficient (Wildman–Crippen LogP) is 3.57. The van der Waals surface area contributed by atoms with Gasteiger partial charge in [0.25, 0.3) is 0 Å². The van der Waals surface area contributed by atoms with Crippen LogP contribution in [-0.4, -0.2) is 34.5 Å². The molecule has 0 aliphatic heterocycles. The third-order valence-corrected chi connectivity index (χ3v) is 4.12. The predicted molar refractivity (Wildman–Crippen MR) is 98.2 cm³/mol. The summed E-state index contributed by atoms with van der Waals surface area (Å²) < 4.78 is 6.06. The first-order valence-corrected chi connectivity index (χ1v) is 8.74. The summed E-state index contributed by atoms with van der Waals surface area (Å²) in [4.78, 5) is 12.3. The summed E-state index contributed by atoms with van der Waals surface area (Å²) in [5.41, 5.74) is 0.0715. The third kappa shape index (κ3) is 6.78. The monoisotopic (exact) mass is 342 g/mol. The maximum absolute atomic E-state index is 12.3. The molecule has 0 heterocycles. The summed E-state index contributed by atoms with van der Waals surface area (Å²) in [5.74, 6) is -0.0385. The van der Waals surface area contributed by atoms with Crippen molar-refractivity contribution in [1.29, 1.82) is 0 Å². The molecule has 1 aliphatic carbocycles. The summed E-state index contributed by atoms with van der Waals surface area (Å²) >= 11 is 0. The highest BCUT2D eigenvalue weighted by atomic mass is 16.5. The number of rotatable bonds is 10. The van der Waals surface area contributed by atoms with Gasteiger partial charge in [0.15, 0.2) is 12.1 Å². The number of hydrogen-bond acceptors (Lipinski definition) is 4. The van der Waals surface area contributed by atoms with Crippen LogP contribution in [0.3, 0.4) is 0 Å². The van der Waals surface area contributed by atoms with Crippen molar-refractivity contribution in [3.63, 3.8) is 0 Å².